The topological polar surface area (TPSA) is 73.0 Å². The number of benzene rings is 2. The van der Waals surface area contributed by atoms with Crippen LogP contribution in [0.3, 0.4) is 0 Å². The van der Waals surface area contributed by atoms with Crippen LogP contribution >= 0.6 is 0 Å². The summed E-state index contributed by atoms with van der Waals surface area (Å²) >= 11 is 0. The zero-order valence-electron chi connectivity index (χ0n) is 18.8. The zero-order valence-corrected chi connectivity index (χ0v) is 18.8. The molecule has 0 radical (unpaired) electrons. The molecular weight excluding hydrogens is 423 g/mol. The molecule has 174 valence electrons. The number of hydrogen-bond donors (Lipinski definition) is 1. The lowest BCUT2D eigenvalue weighted by Gasteiger charge is -2.43. The Labute approximate surface area is 193 Å². The quantitative estimate of drug-likeness (QED) is 0.732. The summed E-state index contributed by atoms with van der Waals surface area (Å²) in [6.45, 7) is 3.52. The highest BCUT2D eigenvalue weighted by atomic mass is 19.1. The normalized spacial score (nSPS) is 17.5. The van der Waals surface area contributed by atoms with Gasteiger partial charge in [-0.3, -0.25) is 14.4 Å². The van der Waals surface area contributed by atoms with Crippen LogP contribution in [0.25, 0.3) is 0 Å². The molecule has 4 rings (SSSR count). The van der Waals surface area contributed by atoms with Crippen molar-refractivity contribution in [1.29, 1.82) is 0 Å². The van der Waals surface area contributed by atoms with E-state index >= 15 is 0 Å². The van der Waals surface area contributed by atoms with Crippen LogP contribution in [0.2, 0.25) is 0 Å². The monoisotopic (exact) mass is 452 g/mol. The van der Waals surface area contributed by atoms with E-state index < -0.39 is 11.4 Å². The predicted molar refractivity (Wildman–Crippen MR) is 123 cm³/mol. The molecule has 0 unspecified atom stereocenters. The summed E-state index contributed by atoms with van der Waals surface area (Å²) in [5, 5.41) is 2.83. The molecule has 2 aromatic carbocycles. The molecule has 3 amide bonds. The number of carbonyl (C=O) groups excluding carboxylic acids is 3. The summed E-state index contributed by atoms with van der Waals surface area (Å²) in [7, 11) is 0. The van der Waals surface area contributed by atoms with Crippen molar-refractivity contribution in [2.24, 2.45) is 0 Å². The van der Waals surface area contributed by atoms with Crippen molar-refractivity contribution in [3.05, 3.63) is 66.0 Å². The molecular formula is C25H29FN4O3. The van der Waals surface area contributed by atoms with Crippen LogP contribution in [0.15, 0.2) is 54.6 Å². The Kier molecular flexibility index (Phi) is 6.62. The number of anilines is 1. The second-order valence-corrected chi connectivity index (χ2v) is 8.56. The van der Waals surface area contributed by atoms with Crippen LogP contribution in [0.4, 0.5) is 10.1 Å². The zero-order chi connectivity index (χ0) is 23.4. The number of amides is 3. The molecule has 0 aromatic heterocycles. The maximum absolute atomic E-state index is 14.1. The van der Waals surface area contributed by atoms with E-state index in [1.165, 1.54) is 12.1 Å². The third kappa shape index (κ3) is 4.42. The van der Waals surface area contributed by atoms with Gasteiger partial charge in [-0.15, -0.1) is 0 Å². The van der Waals surface area contributed by atoms with Crippen molar-refractivity contribution >= 4 is 23.4 Å². The van der Waals surface area contributed by atoms with E-state index in [9.17, 15) is 18.8 Å². The Balaban J connectivity index is 1.55. The number of carbonyl (C=O) groups is 3. The maximum atomic E-state index is 14.1. The minimum atomic E-state index is -0.835. The minimum absolute atomic E-state index is 0.00177. The van der Waals surface area contributed by atoms with Gasteiger partial charge in [-0.05, 0) is 43.5 Å². The molecule has 1 N–H and O–H groups in total. The molecule has 2 aromatic rings. The number of hydrogen-bond acceptors (Lipinski definition) is 4. The van der Waals surface area contributed by atoms with Crippen LogP contribution in [-0.4, -0.2) is 65.9 Å². The molecule has 2 heterocycles. The molecule has 0 aliphatic carbocycles. The summed E-state index contributed by atoms with van der Waals surface area (Å²) in [6.07, 6.45) is 1.65. The van der Waals surface area contributed by atoms with Gasteiger partial charge in [-0.25, -0.2) is 4.39 Å². The van der Waals surface area contributed by atoms with Gasteiger partial charge in [0.2, 0.25) is 5.91 Å². The summed E-state index contributed by atoms with van der Waals surface area (Å²) in [4.78, 5) is 44.1. The summed E-state index contributed by atoms with van der Waals surface area (Å²) in [6, 6.07) is 15.6. The number of piperidine rings is 1. The first-order valence-electron chi connectivity index (χ1n) is 11.4. The van der Waals surface area contributed by atoms with Crippen molar-refractivity contribution in [3.8, 4) is 0 Å². The van der Waals surface area contributed by atoms with Gasteiger partial charge in [0.15, 0.2) is 0 Å². The lowest BCUT2D eigenvalue weighted by molar-refractivity contribution is -0.137. The first-order valence-corrected chi connectivity index (χ1v) is 11.4. The van der Waals surface area contributed by atoms with Crippen molar-refractivity contribution in [1.82, 2.24) is 15.1 Å². The predicted octanol–water partition coefficient (Wildman–Crippen LogP) is 2.63. The number of likely N-dealkylation sites (tertiary alicyclic amines) is 1. The van der Waals surface area contributed by atoms with E-state index in [2.05, 4.69) is 5.32 Å². The van der Waals surface area contributed by atoms with Gasteiger partial charge >= 0.3 is 0 Å². The summed E-state index contributed by atoms with van der Waals surface area (Å²) in [5.74, 6) is -1.19. The number of rotatable bonds is 6. The van der Waals surface area contributed by atoms with Crippen LogP contribution in [-0.2, 0) is 9.59 Å². The average Bonchev–Trinajstić information content (AvgIpc) is 3.09. The molecule has 0 saturated carbocycles. The highest BCUT2D eigenvalue weighted by Gasteiger charge is 2.54. The highest BCUT2D eigenvalue weighted by molar-refractivity contribution is 5.97. The summed E-state index contributed by atoms with van der Waals surface area (Å²) in [5.41, 5.74) is 0.106. The fourth-order valence-electron chi connectivity index (χ4n) is 4.70. The second kappa shape index (κ2) is 9.60. The fraction of sp³-hybridized carbons (Fsp3) is 0.400. The molecule has 2 aliphatic rings. The van der Waals surface area contributed by atoms with Crippen molar-refractivity contribution < 1.29 is 18.8 Å². The van der Waals surface area contributed by atoms with Crippen LogP contribution in [0.1, 0.15) is 36.5 Å². The molecule has 7 nitrogen and oxygen atoms in total. The van der Waals surface area contributed by atoms with E-state index in [-0.39, 0.29) is 29.8 Å². The number of halogens is 1. The van der Waals surface area contributed by atoms with Crippen molar-refractivity contribution in [2.75, 3.05) is 37.7 Å². The lowest BCUT2D eigenvalue weighted by atomic mass is 9.85. The van der Waals surface area contributed by atoms with Crippen LogP contribution < -0.4 is 10.2 Å². The minimum Gasteiger partial charge on any atom is -0.355 e. The Hall–Kier alpha value is -3.42. The molecule has 2 saturated heterocycles. The second-order valence-electron chi connectivity index (χ2n) is 8.56. The van der Waals surface area contributed by atoms with Gasteiger partial charge < -0.3 is 20.0 Å². The van der Waals surface area contributed by atoms with Gasteiger partial charge in [0.25, 0.3) is 11.8 Å². The first kappa shape index (κ1) is 22.8. The largest absolute Gasteiger partial charge is 0.355 e. The molecule has 2 fully saturated rings. The third-order valence-electron chi connectivity index (χ3n) is 6.47. The molecule has 0 bridgehead atoms. The van der Waals surface area contributed by atoms with Gasteiger partial charge in [0.05, 0.1) is 12.2 Å². The van der Waals surface area contributed by atoms with Crippen molar-refractivity contribution in [3.63, 3.8) is 0 Å². The Morgan fingerprint density at radius 3 is 2.36 bits per heavy atom. The molecule has 33 heavy (non-hydrogen) atoms. The number of nitrogens with one attached hydrogen (secondary N) is 1. The highest BCUT2D eigenvalue weighted by Crippen LogP contribution is 2.39. The first-order chi connectivity index (χ1) is 16.0. The summed E-state index contributed by atoms with van der Waals surface area (Å²) < 4.78 is 14.1. The van der Waals surface area contributed by atoms with E-state index in [1.54, 1.807) is 21.9 Å². The smallest absolute Gasteiger partial charge is 0.256 e. The molecule has 0 atom stereocenters. The van der Waals surface area contributed by atoms with E-state index in [4.69, 9.17) is 0 Å². The maximum Gasteiger partial charge on any atom is 0.256 e. The fourth-order valence-corrected chi connectivity index (χ4v) is 4.70. The molecule has 8 heteroatoms. The van der Waals surface area contributed by atoms with Gasteiger partial charge in [-0.2, -0.15) is 0 Å². The van der Waals surface area contributed by atoms with E-state index in [0.717, 1.165) is 12.1 Å². The van der Waals surface area contributed by atoms with Crippen LogP contribution in [0, 0.1) is 5.82 Å². The lowest BCUT2D eigenvalue weighted by Crippen LogP contribution is -2.57. The van der Waals surface area contributed by atoms with E-state index in [1.807, 2.05) is 42.2 Å². The van der Waals surface area contributed by atoms with E-state index in [0.29, 0.717) is 39.1 Å². The van der Waals surface area contributed by atoms with Crippen molar-refractivity contribution in [2.45, 2.75) is 31.7 Å². The average molecular weight is 453 g/mol. The number of nitrogens with zero attached hydrogens (tertiary/aromatic N) is 3. The standard InChI is InChI=1S/C25H29FN4O3/c1-2-14-27-22(31)17-29-18-30(19-8-4-3-5-9-19)25(24(29)33)12-15-28(16-13-25)23(32)20-10-6-7-11-21(20)26/h3-11H,2,12-18H2,1H3,(H,27,31). The number of para-hydroxylation sites is 1. The third-order valence-corrected chi connectivity index (χ3v) is 6.47. The van der Waals surface area contributed by atoms with Gasteiger partial charge in [0, 0.05) is 25.3 Å². The van der Waals surface area contributed by atoms with Crippen LogP contribution in [0.5, 0.6) is 0 Å². The SMILES string of the molecule is CCCNC(=O)CN1CN(c2ccccc2)C2(CCN(C(=O)c3ccccc3F)CC2)C1=O. The molecule has 2 aliphatic heterocycles. The molecule has 1 spiro atoms. The van der Waals surface area contributed by atoms with Gasteiger partial charge in [0.1, 0.15) is 17.9 Å². The van der Waals surface area contributed by atoms with Gasteiger partial charge in [-0.1, -0.05) is 37.3 Å². The Morgan fingerprint density at radius 2 is 1.70 bits per heavy atom. The Morgan fingerprint density at radius 1 is 1.03 bits per heavy atom. The Bertz CT molecular complexity index is 1020.